The third kappa shape index (κ3) is 4.44. The number of hydrogen-bond acceptors (Lipinski definition) is 6. The summed E-state index contributed by atoms with van der Waals surface area (Å²) in [6.45, 7) is 2.44. The molecule has 1 amide bonds. The van der Waals surface area contributed by atoms with Crippen molar-refractivity contribution in [2.45, 2.75) is 13.5 Å². The van der Waals surface area contributed by atoms with Gasteiger partial charge in [0.25, 0.3) is 5.91 Å². The molecule has 0 radical (unpaired) electrons. The highest BCUT2D eigenvalue weighted by atomic mass is 16.5. The fourth-order valence-electron chi connectivity index (χ4n) is 2.72. The summed E-state index contributed by atoms with van der Waals surface area (Å²) in [5.41, 5.74) is 3.98. The van der Waals surface area contributed by atoms with E-state index in [0.29, 0.717) is 29.3 Å². The third-order valence-corrected chi connectivity index (χ3v) is 4.27. The van der Waals surface area contributed by atoms with Crippen molar-refractivity contribution < 1.29 is 9.53 Å². The Kier molecular flexibility index (Phi) is 5.24. The van der Waals surface area contributed by atoms with Crippen LogP contribution in [0.3, 0.4) is 0 Å². The van der Waals surface area contributed by atoms with E-state index in [4.69, 9.17) is 4.74 Å². The maximum absolute atomic E-state index is 12.4. The summed E-state index contributed by atoms with van der Waals surface area (Å²) in [5.74, 6) is 0.364. The summed E-state index contributed by atoms with van der Waals surface area (Å²) in [6.07, 6.45) is 4.62. The van der Waals surface area contributed by atoms with Gasteiger partial charge in [-0.25, -0.2) is 0 Å². The van der Waals surface area contributed by atoms with Gasteiger partial charge in [-0.3, -0.25) is 9.78 Å². The van der Waals surface area contributed by atoms with Gasteiger partial charge >= 0.3 is 0 Å². The molecule has 4 aromatic rings. The van der Waals surface area contributed by atoms with Crippen LogP contribution in [0.5, 0.6) is 5.75 Å². The smallest absolute Gasteiger partial charge is 0.255 e. The monoisotopic (exact) mass is 386 g/mol. The van der Waals surface area contributed by atoms with Crippen LogP contribution in [0.4, 0.5) is 5.69 Å². The maximum atomic E-state index is 12.4. The molecule has 29 heavy (non-hydrogen) atoms. The Labute approximate surface area is 167 Å². The molecule has 144 valence electrons. The molecule has 0 saturated heterocycles. The minimum absolute atomic E-state index is 0.233. The SMILES string of the molecule is Cc1ccc(COc2ccc(NC(=O)c3ccncc3)cc2-n2cnnn2)cc1. The summed E-state index contributed by atoms with van der Waals surface area (Å²) in [5, 5.41) is 14.2. The Bertz CT molecular complexity index is 1100. The highest BCUT2D eigenvalue weighted by molar-refractivity contribution is 6.04. The average molecular weight is 386 g/mol. The van der Waals surface area contributed by atoms with E-state index in [-0.39, 0.29) is 5.91 Å². The van der Waals surface area contributed by atoms with Gasteiger partial charge in [0.2, 0.25) is 0 Å². The summed E-state index contributed by atoms with van der Waals surface area (Å²) in [4.78, 5) is 16.3. The van der Waals surface area contributed by atoms with Crippen LogP contribution in [0, 0.1) is 6.92 Å². The Morgan fingerprint density at radius 1 is 1.07 bits per heavy atom. The minimum atomic E-state index is -0.233. The predicted octanol–water partition coefficient (Wildman–Crippen LogP) is 3.20. The van der Waals surface area contributed by atoms with Crippen LogP contribution >= 0.6 is 0 Å². The number of amides is 1. The van der Waals surface area contributed by atoms with Crippen LogP contribution in [0.25, 0.3) is 5.69 Å². The fourth-order valence-corrected chi connectivity index (χ4v) is 2.72. The van der Waals surface area contributed by atoms with Gasteiger partial charge in [0.15, 0.2) is 0 Å². The van der Waals surface area contributed by atoms with Crippen LogP contribution in [0.15, 0.2) is 73.3 Å². The number of benzene rings is 2. The molecule has 0 saturated carbocycles. The van der Waals surface area contributed by atoms with Crippen molar-refractivity contribution >= 4 is 11.6 Å². The van der Waals surface area contributed by atoms with Crippen molar-refractivity contribution in [3.05, 3.63) is 90.0 Å². The number of carbonyl (C=O) groups excluding carboxylic acids is 1. The van der Waals surface area contributed by atoms with Gasteiger partial charge in [-0.2, -0.15) is 4.68 Å². The molecule has 8 heteroatoms. The van der Waals surface area contributed by atoms with Gasteiger partial charge in [-0.05, 0) is 53.2 Å². The number of nitrogens with one attached hydrogen (secondary N) is 1. The molecule has 8 nitrogen and oxygen atoms in total. The Hall–Kier alpha value is -4.07. The molecular weight excluding hydrogens is 368 g/mol. The van der Waals surface area contributed by atoms with E-state index >= 15 is 0 Å². The van der Waals surface area contributed by atoms with Crippen LogP contribution in [0.2, 0.25) is 0 Å². The van der Waals surface area contributed by atoms with Crippen LogP contribution in [-0.2, 0) is 6.61 Å². The fraction of sp³-hybridized carbons (Fsp3) is 0.0952. The number of hydrogen-bond donors (Lipinski definition) is 1. The zero-order valence-electron chi connectivity index (χ0n) is 15.7. The Balaban J connectivity index is 1.57. The van der Waals surface area contributed by atoms with E-state index < -0.39 is 0 Å². The number of carbonyl (C=O) groups is 1. The molecule has 2 heterocycles. The first-order valence-corrected chi connectivity index (χ1v) is 8.96. The van der Waals surface area contributed by atoms with E-state index in [9.17, 15) is 4.79 Å². The zero-order chi connectivity index (χ0) is 20.1. The number of tetrazole rings is 1. The van der Waals surface area contributed by atoms with Gasteiger partial charge in [0.05, 0.1) is 0 Å². The first-order valence-electron chi connectivity index (χ1n) is 8.96. The average Bonchev–Trinajstić information content (AvgIpc) is 3.29. The van der Waals surface area contributed by atoms with Crippen molar-refractivity contribution in [3.8, 4) is 11.4 Å². The molecule has 2 aromatic carbocycles. The third-order valence-electron chi connectivity index (χ3n) is 4.27. The van der Waals surface area contributed by atoms with E-state index in [0.717, 1.165) is 5.56 Å². The number of ether oxygens (including phenoxy) is 1. The predicted molar refractivity (Wildman–Crippen MR) is 107 cm³/mol. The summed E-state index contributed by atoms with van der Waals surface area (Å²) in [6, 6.07) is 16.8. The van der Waals surface area contributed by atoms with Crippen LogP contribution in [-0.4, -0.2) is 31.1 Å². The normalized spacial score (nSPS) is 10.5. The van der Waals surface area contributed by atoms with Crippen LogP contribution in [0.1, 0.15) is 21.5 Å². The molecule has 0 aliphatic heterocycles. The lowest BCUT2D eigenvalue weighted by molar-refractivity contribution is 0.102. The first kappa shape index (κ1) is 18.3. The van der Waals surface area contributed by atoms with Crippen molar-refractivity contribution in [1.82, 2.24) is 25.2 Å². The number of aryl methyl sites for hydroxylation is 1. The van der Waals surface area contributed by atoms with Gasteiger partial charge < -0.3 is 10.1 Å². The number of nitrogens with zero attached hydrogens (tertiary/aromatic N) is 5. The number of anilines is 1. The lowest BCUT2D eigenvalue weighted by Gasteiger charge is -2.13. The second kappa shape index (κ2) is 8.30. The van der Waals surface area contributed by atoms with Crippen molar-refractivity contribution in [2.24, 2.45) is 0 Å². The van der Waals surface area contributed by atoms with E-state index in [1.54, 1.807) is 42.7 Å². The molecule has 0 spiro atoms. The molecule has 0 aliphatic rings. The van der Waals surface area contributed by atoms with Gasteiger partial charge in [0.1, 0.15) is 24.4 Å². The van der Waals surface area contributed by atoms with E-state index in [1.165, 1.54) is 16.6 Å². The largest absolute Gasteiger partial charge is 0.487 e. The molecule has 0 unspecified atom stereocenters. The minimum Gasteiger partial charge on any atom is -0.487 e. The topological polar surface area (TPSA) is 94.8 Å². The summed E-state index contributed by atoms with van der Waals surface area (Å²) < 4.78 is 7.49. The first-order chi connectivity index (χ1) is 14.2. The Morgan fingerprint density at radius 2 is 1.86 bits per heavy atom. The second-order valence-electron chi connectivity index (χ2n) is 6.40. The lowest BCUT2D eigenvalue weighted by Crippen LogP contribution is -2.12. The molecule has 0 bridgehead atoms. The molecule has 4 rings (SSSR count). The van der Waals surface area contributed by atoms with Gasteiger partial charge in [-0.1, -0.05) is 29.8 Å². The van der Waals surface area contributed by atoms with E-state index in [2.05, 4.69) is 25.8 Å². The van der Waals surface area contributed by atoms with Gasteiger partial charge in [-0.15, -0.1) is 5.10 Å². The summed E-state index contributed by atoms with van der Waals surface area (Å²) >= 11 is 0. The molecule has 0 atom stereocenters. The molecule has 2 aromatic heterocycles. The highest BCUT2D eigenvalue weighted by Crippen LogP contribution is 2.27. The second-order valence-corrected chi connectivity index (χ2v) is 6.40. The van der Waals surface area contributed by atoms with Crippen LogP contribution < -0.4 is 10.1 Å². The number of rotatable bonds is 6. The standard InChI is InChI=1S/C21H18N6O2/c1-15-2-4-16(5-3-15)13-29-20-7-6-18(12-19(20)27-14-23-25-26-27)24-21(28)17-8-10-22-11-9-17/h2-12,14H,13H2,1H3,(H,24,28). The molecular formula is C21H18N6O2. The molecule has 1 N–H and O–H groups in total. The molecule has 0 fully saturated rings. The van der Waals surface area contributed by atoms with Crippen molar-refractivity contribution in [1.29, 1.82) is 0 Å². The highest BCUT2D eigenvalue weighted by Gasteiger charge is 2.12. The summed E-state index contributed by atoms with van der Waals surface area (Å²) in [7, 11) is 0. The zero-order valence-corrected chi connectivity index (χ0v) is 15.7. The molecule has 0 aliphatic carbocycles. The number of pyridine rings is 1. The Morgan fingerprint density at radius 3 is 2.59 bits per heavy atom. The number of aromatic nitrogens is 5. The van der Waals surface area contributed by atoms with Crippen molar-refractivity contribution in [2.75, 3.05) is 5.32 Å². The van der Waals surface area contributed by atoms with Gasteiger partial charge in [0, 0.05) is 23.6 Å². The maximum Gasteiger partial charge on any atom is 0.255 e. The van der Waals surface area contributed by atoms with E-state index in [1.807, 2.05) is 31.2 Å². The lowest BCUT2D eigenvalue weighted by atomic mass is 10.2. The van der Waals surface area contributed by atoms with Crippen molar-refractivity contribution in [3.63, 3.8) is 0 Å². The quantitative estimate of drug-likeness (QED) is 0.547.